The Morgan fingerprint density at radius 2 is 2.17 bits per heavy atom. The first-order valence-electron chi connectivity index (χ1n) is 4.63. The van der Waals surface area contributed by atoms with E-state index in [-0.39, 0.29) is 12.5 Å². The van der Waals surface area contributed by atoms with Gasteiger partial charge in [-0.15, -0.1) is 0 Å². The first kappa shape index (κ1) is 9.52. The van der Waals surface area contributed by atoms with Crippen molar-refractivity contribution in [1.82, 2.24) is 5.32 Å². The molecule has 0 spiro atoms. The van der Waals surface area contributed by atoms with Crippen LogP contribution in [-0.2, 0) is 4.79 Å². The number of carboxylic acids is 1. The summed E-state index contributed by atoms with van der Waals surface area (Å²) in [6, 6.07) is 0.185. The van der Waals surface area contributed by atoms with Gasteiger partial charge in [-0.25, -0.2) is 0 Å². The van der Waals surface area contributed by atoms with E-state index < -0.39 is 5.97 Å². The minimum atomic E-state index is -0.693. The third kappa shape index (κ3) is 2.48. The van der Waals surface area contributed by atoms with E-state index in [1.54, 1.807) is 0 Å². The van der Waals surface area contributed by atoms with Crippen molar-refractivity contribution in [2.45, 2.75) is 38.1 Å². The Balaban J connectivity index is 2.37. The van der Waals surface area contributed by atoms with Crippen LogP contribution in [0.1, 0.15) is 32.1 Å². The van der Waals surface area contributed by atoms with Gasteiger partial charge in [0.25, 0.3) is 0 Å². The highest BCUT2D eigenvalue weighted by atomic mass is 16.4. The molecule has 70 valence electrons. The maximum atomic E-state index is 10.5. The van der Waals surface area contributed by atoms with E-state index in [1.807, 2.05) is 7.05 Å². The van der Waals surface area contributed by atoms with Gasteiger partial charge in [-0.3, -0.25) is 4.79 Å². The second-order valence-electron chi connectivity index (χ2n) is 3.54. The Morgan fingerprint density at radius 1 is 1.58 bits per heavy atom. The van der Waals surface area contributed by atoms with Crippen molar-refractivity contribution in [3.63, 3.8) is 0 Å². The zero-order chi connectivity index (χ0) is 8.97. The summed E-state index contributed by atoms with van der Waals surface area (Å²) in [5.74, 6) is -0.104. The molecule has 1 aliphatic carbocycles. The average molecular weight is 171 g/mol. The zero-order valence-electron chi connectivity index (χ0n) is 7.55. The maximum absolute atomic E-state index is 10.5. The van der Waals surface area contributed by atoms with E-state index >= 15 is 0 Å². The quantitative estimate of drug-likeness (QED) is 0.669. The van der Waals surface area contributed by atoms with Crippen molar-refractivity contribution in [2.24, 2.45) is 5.92 Å². The molecule has 0 aromatic heterocycles. The zero-order valence-corrected chi connectivity index (χ0v) is 7.55. The SMILES string of the molecule is CNC(CC(=O)O)C1CCCC1. The van der Waals surface area contributed by atoms with Crippen LogP contribution in [0.4, 0.5) is 0 Å². The summed E-state index contributed by atoms with van der Waals surface area (Å²) in [6.45, 7) is 0. The molecular formula is C9H17NO2. The fraction of sp³-hybridized carbons (Fsp3) is 0.889. The molecule has 2 N–H and O–H groups in total. The highest BCUT2D eigenvalue weighted by molar-refractivity contribution is 5.67. The summed E-state index contributed by atoms with van der Waals surface area (Å²) in [5, 5.41) is 11.7. The van der Waals surface area contributed by atoms with Crippen LogP contribution in [-0.4, -0.2) is 24.2 Å². The Kier molecular flexibility index (Phi) is 3.53. The van der Waals surface area contributed by atoms with Gasteiger partial charge in [0.2, 0.25) is 0 Å². The van der Waals surface area contributed by atoms with Crippen molar-refractivity contribution in [3.8, 4) is 0 Å². The van der Waals surface area contributed by atoms with Crippen molar-refractivity contribution >= 4 is 5.97 Å². The smallest absolute Gasteiger partial charge is 0.304 e. The molecule has 3 heteroatoms. The van der Waals surface area contributed by atoms with Gasteiger partial charge in [0.05, 0.1) is 6.42 Å². The van der Waals surface area contributed by atoms with Gasteiger partial charge in [0.15, 0.2) is 0 Å². The molecule has 1 fully saturated rings. The Bertz CT molecular complexity index is 153. The lowest BCUT2D eigenvalue weighted by molar-refractivity contribution is -0.137. The predicted octanol–water partition coefficient (Wildman–Crippen LogP) is 1.24. The third-order valence-corrected chi connectivity index (χ3v) is 2.73. The molecule has 0 bridgehead atoms. The van der Waals surface area contributed by atoms with E-state index in [0.29, 0.717) is 5.92 Å². The molecule has 0 amide bonds. The summed E-state index contributed by atoms with van der Waals surface area (Å²) in [7, 11) is 1.85. The van der Waals surface area contributed by atoms with Crippen molar-refractivity contribution in [3.05, 3.63) is 0 Å². The number of carboxylic acid groups (broad SMARTS) is 1. The van der Waals surface area contributed by atoms with E-state index in [2.05, 4.69) is 5.32 Å². The lowest BCUT2D eigenvalue weighted by Gasteiger charge is -2.20. The second-order valence-corrected chi connectivity index (χ2v) is 3.54. The van der Waals surface area contributed by atoms with Gasteiger partial charge in [0, 0.05) is 6.04 Å². The molecule has 0 saturated heterocycles. The molecule has 1 saturated carbocycles. The minimum absolute atomic E-state index is 0.185. The molecule has 0 radical (unpaired) electrons. The first-order chi connectivity index (χ1) is 5.74. The molecule has 3 nitrogen and oxygen atoms in total. The average Bonchev–Trinajstić information content (AvgIpc) is 2.51. The highest BCUT2D eigenvalue weighted by Gasteiger charge is 2.25. The molecule has 0 aliphatic heterocycles. The van der Waals surface area contributed by atoms with Crippen LogP contribution < -0.4 is 5.32 Å². The predicted molar refractivity (Wildman–Crippen MR) is 47.1 cm³/mol. The maximum Gasteiger partial charge on any atom is 0.304 e. The van der Waals surface area contributed by atoms with Crippen molar-refractivity contribution in [1.29, 1.82) is 0 Å². The van der Waals surface area contributed by atoms with Gasteiger partial charge in [0.1, 0.15) is 0 Å². The molecule has 1 rings (SSSR count). The van der Waals surface area contributed by atoms with E-state index in [9.17, 15) is 4.79 Å². The van der Waals surface area contributed by atoms with E-state index in [1.165, 1.54) is 25.7 Å². The molecule has 12 heavy (non-hydrogen) atoms. The van der Waals surface area contributed by atoms with Crippen LogP contribution in [0.3, 0.4) is 0 Å². The number of hydrogen-bond donors (Lipinski definition) is 2. The Labute approximate surface area is 73.2 Å². The molecule has 1 atom stereocenters. The highest BCUT2D eigenvalue weighted by Crippen LogP contribution is 2.28. The Morgan fingerprint density at radius 3 is 2.58 bits per heavy atom. The number of nitrogens with one attached hydrogen (secondary N) is 1. The topological polar surface area (TPSA) is 49.3 Å². The van der Waals surface area contributed by atoms with Crippen molar-refractivity contribution in [2.75, 3.05) is 7.05 Å². The summed E-state index contributed by atoms with van der Waals surface area (Å²) in [4.78, 5) is 10.5. The van der Waals surface area contributed by atoms with Crippen LogP contribution in [0.25, 0.3) is 0 Å². The largest absolute Gasteiger partial charge is 0.481 e. The van der Waals surface area contributed by atoms with E-state index in [0.717, 1.165) is 0 Å². The first-order valence-corrected chi connectivity index (χ1v) is 4.63. The fourth-order valence-electron chi connectivity index (χ4n) is 2.05. The minimum Gasteiger partial charge on any atom is -0.481 e. The molecule has 1 aliphatic rings. The number of carbonyl (C=O) groups is 1. The number of rotatable bonds is 4. The summed E-state index contributed by atoms with van der Waals surface area (Å²) in [5.41, 5.74) is 0. The van der Waals surface area contributed by atoms with Gasteiger partial charge in [-0.1, -0.05) is 12.8 Å². The van der Waals surface area contributed by atoms with Crippen LogP contribution in [0, 0.1) is 5.92 Å². The lowest BCUT2D eigenvalue weighted by Crippen LogP contribution is -2.34. The molecule has 1 unspecified atom stereocenters. The summed E-state index contributed by atoms with van der Waals surface area (Å²) < 4.78 is 0. The fourth-order valence-corrected chi connectivity index (χ4v) is 2.05. The second kappa shape index (κ2) is 4.45. The van der Waals surface area contributed by atoms with Crippen LogP contribution >= 0.6 is 0 Å². The standard InChI is InChI=1S/C9H17NO2/c1-10-8(6-9(11)12)7-4-2-3-5-7/h7-8,10H,2-6H2,1H3,(H,11,12). The third-order valence-electron chi connectivity index (χ3n) is 2.73. The van der Waals surface area contributed by atoms with E-state index in [4.69, 9.17) is 5.11 Å². The monoisotopic (exact) mass is 171 g/mol. The normalized spacial score (nSPS) is 21.1. The van der Waals surface area contributed by atoms with Gasteiger partial charge < -0.3 is 10.4 Å². The molecule has 0 aromatic rings. The van der Waals surface area contributed by atoms with Crippen LogP contribution in [0.2, 0.25) is 0 Å². The van der Waals surface area contributed by atoms with Crippen LogP contribution in [0.15, 0.2) is 0 Å². The summed E-state index contributed by atoms with van der Waals surface area (Å²) in [6.07, 6.45) is 5.18. The van der Waals surface area contributed by atoms with Gasteiger partial charge >= 0.3 is 5.97 Å². The number of hydrogen-bond acceptors (Lipinski definition) is 2. The van der Waals surface area contributed by atoms with Gasteiger partial charge in [-0.05, 0) is 25.8 Å². The van der Waals surface area contributed by atoms with Crippen LogP contribution in [0.5, 0.6) is 0 Å². The summed E-state index contributed by atoms with van der Waals surface area (Å²) >= 11 is 0. The molecule has 0 heterocycles. The molecular weight excluding hydrogens is 154 g/mol. The molecule has 0 aromatic carbocycles. The lowest BCUT2D eigenvalue weighted by atomic mass is 9.96. The Hall–Kier alpha value is -0.570. The van der Waals surface area contributed by atoms with Gasteiger partial charge in [-0.2, -0.15) is 0 Å². The number of aliphatic carboxylic acids is 1. The van der Waals surface area contributed by atoms with Crippen molar-refractivity contribution < 1.29 is 9.90 Å².